The van der Waals surface area contributed by atoms with Crippen molar-refractivity contribution >= 4 is 11.6 Å². The van der Waals surface area contributed by atoms with Gasteiger partial charge in [-0.1, -0.05) is 6.07 Å². The van der Waals surface area contributed by atoms with E-state index in [-0.39, 0.29) is 0 Å². The number of nitrogens with one attached hydrogen (secondary N) is 1. The van der Waals surface area contributed by atoms with Crippen LogP contribution in [-0.2, 0) is 6.54 Å². The zero-order valence-electron chi connectivity index (χ0n) is 10.1. The summed E-state index contributed by atoms with van der Waals surface area (Å²) in [6, 6.07) is 3.99. The molecule has 6 nitrogen and oxygen atoms in total. The molecule has 18 heavy (non-hydrogen) atoms. The summed E-state index contributed by atoms with van der Waals surface area (Å²) in [4.78, 5) is 8.44. The molecule has 3 aromatic heterocycles. The first-order valence-electron chi connectivity index (χ1n) is 5.84. The van der Waals surface area contributed by atoms with E-state index in [2.05, 4.69) is 20.4 Å². The fraction of sp³-hybridized carbons (Fsp3) is 0.250. The summed E-state index contributed by atoms with van der Waals surface area (Å²) >= 11 is 0. The lowest BCUT2D eigenvalue weighted by Gasteiger charge is -2.01. The molecular weight excluding hydrogens is 228 g/mol. The van der Waals surface area contributed by atoms with Gasteiger partial charge in [-0.25, -0.2) is 9.50 Å². The average Bonchev–Trinajstić information content (AvgIpc) is 2.98. The van der Waals surface area contributed by atoms with Crippen molar-refractivity contribution in [3.8, 4) is 0 Å². The Balaban J connectivity index is 1.69. The van der Waals surface area contributed by atoms with Crippen LogP contribution in [0.1, 0.15) is 5.56 Å². The number of hydrogen-bond donors (Lipinski definition) is 1. The zero-order chi connectivity index (χ0) is 12.4. The zero-order valence-corrected chi connectivity index (χ0v) is 10.1. The number of aromatic nitrogens is 5. The van der Waals surface area contributed by atoms with E-state index in [0.29, 0.717) is 5.95 Å². The van der Waals surface area contributed by atoms with Crippen LogP contribution in [0.15, 0.2) is 37.1 Å². The lowest BCUT2D eigenvalue weighted by molar-refractivity contribution is 0.723. The van der Waals surface area contributed by atoms with Crippen molar-refractivity contribution in [3.05, 3.63) is 42.6 Å². The van der Waals surface area contributed by atoms with Gasteiger partial charge in [0.15, 0.2) is 5.65 Å². The Morgan fingerprint density at radius 1 is 1.33 bits per heavy atom. The number of imidazole rings is 1. The molecule has 0 bridgehead atoms. The molecule has 0 amide bonds. The molecule has 3 rings (SSSR count). The van der Waals surface area contributed by atoms with Gasteiger partial charge in [0.25, 0.3) is 0 Å². The normalized spacial score (nSPS) is 10.9. The fourth-order valence-electron chi connectivity index (χ4n) is 1.83. The van der Waals surface area contributed by atoms with Gasteiger partial charge in [0.1, 0.15) is 0 Å². The Morgan fingerprint density at radius 2 is 2.28 bits per heavy atom. The van der Waals surface area contributed by atoms with Gasteiger partial charge in [0, 0.05) is 31.7 Å². The Kier molecular flexibility index (Phi) is 2.68. The number of aryl methyl sites for hydroxylation is 1. The van der Waals surface area contributed by atoms with E-state index in [1.54, 1.807) is 17.0 Å². The first-order valence-corrected chi connectivity index (χ1v) is 5.84. The Hall–Kier alpha value is -2.37. The molecule has 3 aromatic rings. The van der Waals surface area contributed by atoms with Gasteiger partial charge in [-0.3, -0.25) is 0 Å². The van der Waals surface area contributed by atoms with Crippen LogP contribution in [0.3, 0.4) is 0 Å². The third-order valence-electron chi connectivity index (χ3n) is 2.77. The molecule has 1 N–H and O–H groups in total. The SMILES string of the molecule is Cc1cccn2nc(NCCn3ccnc3)nc12. The molecule has 0 saturated heterocycles. The minimum atomic E-state index is 0.657. The molecule has 0 spiro atoms. The van der Waals surface area contributed by atoms with E-state index in [4.69, 9.17) is 0 Å². The first kappa shape index (κ1) is 10.8. The minimum Gasteiger partial charge on any atom is -0.351 e. The third kappa shape index (κ3) is 2.04. The van der Waals surface area contributed by atoms with E-state index in [1.165, 1.54) is 0 Å². The van der Waals surface area contributed by atoms with Crippen LogP contribution in [0.4, 0.5) is 5.95 Å². The second kappa shape index (κ2) is 4.48. The number of fused-ring (bicyclic) bond motifs is 1. The van der Waals surface area contributed by atoms with Crippen molar-refractivity contribution < 1.29 is 0 Å². The highest BCUT2D eigenvalue weighted by molar-refractivity contribution is 5.49. The number of anilines is 1. The molecule has 0 aromatic carbocycles. The van der Waals surface area contributed by atoms with E-state index >= 15 is 0 Å². The van der Waals surface area contributed by atoms with E-state index < -0.39 is 0 Å². The monoisotopic (exact) mass is 242 g/mol. The number of rotatable bonds is 4. The van der Waals surface area contributed by atoms with Crippen LogP contribution >= 0.6 is 0 Å². The molecule has 0 aliphatic carbocycles. The van der Waals surface area contributed by atoms with Crippen molar-refractivity contribution in [1.29, 1.82) is 0 Å². The predicted octanol–water partition coefficient (Wildman–Crippen LogP) is 1.35. The van der Waals surface area contributed by atoms with Crippen LogP contribution in [0.2, 0.25) is 0 Å². The quantitative estimate of drug-likeness (QED) is 0.750. The molecule has 92 valence electrons. The van der Waals surface area contributed by atoms with Gasteiger partial charge in [-0.2, -0.15) is 4.98 Å². The summed E-state index contributed by atoms with van der Waals surface area (Å²) in [6.07, 6.45) is 7.40. The first-order chi connectivity index (χ1) is 8.83. The average molecular weight is 242 g/mol. The third-order valence-corrected chi connectivity index (χ3v) is 2.77. The summed E-state index contributed by atoms with van der Waals surface area (Å²) < 4.78 is 3.79. The fourth-order valence-corrected chi connectivity index (χ4v) is 1.83. The van der Waals surface area contributed by atoms with Crippen molar-refractivity contribution in [1.82, 2.24) is 24.1 Å². The van der Waals surface area contributed by atoms with Crippen LogP contribution < -0.4 is 5.32 Å². The second-order valence-corrected chi connectivity index (χ2v) is 4.12. The largest absolute Gasteiger partial charge is 0.351 e. The summed E-state index contributed by atoms with van der Waals surface area (Å²) in [5.74, 6) is 0.657. The Morgan fingerprint density at radius 3 is 3.06 bits per heavy atom. The van der Waals surface area contributed by atoms with Gasteiger partial charge >= 0.3 is 0 Å². The predicted molar refractivity (Wildman–Crippen MR) is 68.4 cm³/mol. The van der Waals surface area contributed by atoms with Gasteiger partial charge in [-0.15, -0.1) is 5.10 Å². The van der Waals surface area contributed by atoms with Crippen molar-refractivity contribution in [2.24, 2.45) is 0 Å². The summed E-state index contributed by atoms with van der Waals surface area (Å²) in [7, 11) is 0. The van der Waals surface area contributed by atoms with E-state index in [9.17, 15) is 0 Å². The van der Waals surface area contributed by atoms with Crippen molar-refractivity contribution in [2.45, 2.75) is 13.5 Å². The smallest absolute Gasteiger partial charge is 0.243 e. The van der Waals surface area contributed by atoms with Gasteiger partial charge in [0.05, 0.1) is 6.33 Å². The van der Waals surface area contributed by atoms with Crippen molar-refractivity contribution in [2.75, 3.05) is 11.9 Å². The summed E-state index contributed by atoms with van der Waals surface area (Å²) in [6.45, 7) is 3.64. The van der Waals surface area contributed by atoms with E-state index in [0.717, 1.165) is 24.3 Å². The number of pyridine rings is 1. The molecule has 0 saturated carbocycles. The van der Waals surface area contributed by atoms with Crippen LogP contribution in [0.25, 0.3) is 5.65 Å². The van der Waals surface area contributed by atoms with Crippen LogP contribution in [0.5, 0.6) is 0 Å². The molecule has 0 unspecified atom stereocenters. The lowest BCUT2D eigenvalue weighted by atomic mass is 10.3. The topological polar surface area (TPSA) is 60.0 Å². The molecule has 0 fully saturated rings. The highest BCUT2D eigenvalue weighted by Crippen LogP contribution is 2.09. The van der Waals surface area contributed by atoms with Crippen LogP contribution in [-0.4, -0.2) is 30.7 Å². The van der Waals surface area contributed by atoms with E-state index in [1.807, 2.05) is 36.0 Å². The molecule has 3 heterocycles. The Bertz CT molecular complexity index is 640. The van der Waals surface area contributed by atoms with Crippen LogP contribution in [0, 0.1) is 6.92 Å². The van der Waals surface area contributed by atoms with Crippen molar-refractivity contribution in [3.63, 3.8) is 0 Å². The standard InChI is InChI=1S/C12H14N6/c1-10-3-2-6-18-11(10)15-12(16-18)14-5-8-17-7-4-13-9-17/h2-4,6-7,9H,5,8H2,1H3,(H,14,16). The maximum Gasteiger partial charge on any atom is 0.243 e. The van der Waals surface area contributed by atoms with Gasteiger partial charge in [0.2, 0.25) is 5.95 Å². The number of hydrogen-bond acceptors (Lipinski definition) is 4. The van der Waals surface area contributed by atoms with Gasteiger partial charge in [-0.05, 0) is 18.6 Å². The molecule has 0 atom stereocenters. The lowest BCUT2D eigenvalue weighted by Crippen LogP contribution is -2.10. The Labute approximate surface area is 104 Å². The maximum atomic E-state index is 4.45. The summed E-state index contributed by atoms with van der Waals surface area (Å²) in [5, 5.41) is 7.57. The number of nitrogens with zero attached hydrogens (tertiary/aromatic N) is 5. The molecule has 0 radical (unpaired) electrons. The molecule has 6 heteroatoms. The maximum absolute atomic E-state index is 4.45. The minimum absolute atomic E-state index is 0.657. The highest BCUT2D eigenvalue weighted by atomic mass is 15.3. The highest BCUT2D eigenvalue weighted by Gasteiger charge is 2.04. The summed E-state index contributed by atoms with van der Waals surface area (Å²) in [5.41, 5.74) is 2.01. The molecular formula is C12H14N6. The van der Waals surface area contributed by atoms with Gasteiger partial charge < -0.3 is 9.88 Å². The molecule has 0 aliphatic heterocycles. The second-order valence-electron chi connectivity index (χ2n) is 4.12. The molecule has 0 aliphatic rings.